The lowest BCUT2D eigenvalue weighted by Crippen LogP contribution is -2.02. The molecule has 0 unspecified atom stereocenters. The van der Waals surface area contributed by atoms with Gasteiger partial charge in [-0.25, -0.2) is 4.79 Å². The number of esters is 1. The van der Waals surface area contributed by atoms with Crippen molar-refractivity contribution in [3.05, 3.63) is 41.6 Å². The maximum absolute atomic E-state index is 11.3. The highest BCUT2D eigenvalue weighted by Crippen LogP contribution is 2.16. The number of pyridine rings is 1. The molecule has 0 radical (unpaired) electrons. The largest absolute Gasteiger partial charge is 0.465 e. The number of methoxy groups -OCH3 is 1. The van der Waals surface area contributed by atoms with Gasteiger partial charge >= 0.3 is 5.97 Å². The molecule has 2 aromatic rings. The summed E-state index contributed by atoms with van der Waals surface area (Å²) in [6.07, 6.45) is 1.46. The van der Waals surface area contributed by atoms with Gasteiger partial charge in [-0.05, 0) is 31.2 Å². The molecule has 0 aliphatic heterocycles. The molecule has 0 fully saturated rings. The smallest absolute Gasteiger partial charge is 0.339 e. The molecule has 2 rings (SSSR count). The Morgan fingerprint density at radius 1 is 1.18 bits per heavy atom. The van der Waals surface area contributed by atoms with Gasteiger partial charge in [0, 0.05) is 17.1 Å². The number of benzene rings is 1. The summed E-state index contributed by atoms with van der Waals surface area (Å²) in [5, 5.41) is 0.751. The first-order chi connectivity index (χ1) is 8.11. The molecule has 0 aliphatic carbocycles. The van der Waals surface area contributed by atoms with Crippen LogP contribution in [0.1, 0.15) is 27.6 Å². The highest BCUT2D eigenvalue weighted by molar-refractivity contribution is 5.99. The Kier molecular flexibility index (Phi) is 2.87. The summed E-state index contributed by atoms with van der Waals surface area (Å²) in [6, 6.07) is 6.86. The molecule has 1 aromatic carbocycles. The van der Waals surface area contributed by atoms with Gasteiger partial charge in [0.15, 0.2) is 5.78 Å². The van der Waals surface area contributed by atoms with Crippen LogP contribution in [-0.4, -0.2) is 23.8 Å². The summed E-state index contributed by atoms with van der Waals surface area (Å²) in [4.78, 5) is 26.7. The number of hydrogen-bond acceptors (Lipinski definition) is 4. The quantitative estimate of drug-likeness (QED) is 0.585. The second-order valence-electron chi connectivity index (χ2n) is 3.68. The van der Waals surface area contributed by atoms with Gasteiger partial charge in [0.1, 0.15) is 0 Å². The van der Waals surface area contributed by atoms with Crippen LogP contribution < -0.4 is 0 Å². The maximum Gasteiger partial charge on any atom is 0.339 e. The second-order valence-corrected chi connectivity index (χ2v) is 3.68. The van der Waals surface area contributed by atoms with Gasteiger partial charge in [0.2, 0.25) is 0 Å². The zero-order valence-corrected chi connectivity index (χ0v) is 9.56. The minimum atomic E-state index is -0.437. The van der Waals surface area contributed by atoms with Crippen LogP contribution in [0.15, 0.2) is 30.5 Å². The van der Waals surface area contributed by atoms with E-state index in [9.17, 15) is 9.59 Å². The highest BCUT2D eigenvalue weighted by atomic mass is 16.5. The predicted octanol–water partition coefficient (Wildman–Crippen LogP) is 2.22. The number of hydrogen-bond donors (Lipinski definition) is 0. The van der Waals surface area contributed by atoms with E-state index in [1.807, 2.05) is 0 Å². The van der Waals surface area contributed by atoms with Crippen LogP contribution >= 0.6 is 0 Å². The van der Waals surface area contributed by atoms with Gasteiger partial charge in [0.25, 0.3) is 0 Å². The van der Waals surface area contributed by atoms with E-state index in [4.69, 9.17) is 0 Å². The van der Waals surface area contributed by atoms with E-state index in [0.29, 0.717) is 11.1 Å². The number of nitrogens with zero attached hydrogens (tertiary/aromatic N) is 1. The van der Waals surface area contributed by atoms with Gasteiger partial charge < -0.3 is 4.74 Å². The van der Waals surface area contributed by atoms with E-state index in [2.05, 4.69) is 9.72 Å². The number of Topliss-reactive ketones (excluding diaryl/α,β-unsaturated/α-hetero) is 1. The second kappa shape index (κ2) is 4.33. The van der Waals surface area contributed by atoms with Crippen LogP contribution in [0.3, 0.4) is 0 Å². The molecule has 0 saturated carbocycles. The number of carbonyl (C=O) groups is 2. The fourth-order valence-corrected chi connectivity index (χ4v) is 1.58. The Labute approximate surface area is 98.2 Å². The van der Waals surface area contributed by atoms with Crippen LogP contribution in [0.25, 0.3) is 10.9 Å². The molecular formula is C13H11NO3. The number of aromatic nitrogens is 1. The molecule has 4 heteroatoms. The summed E-state index contributed by atoms with van der Waals surface area (Å²) >= 11 is 0. The van der Waals surface area contributed by atoms with Crippen molar-refractivity contribution in [3.63, 3.8) is 0 Å². The SMILES string of the molecule is COC(=O)c1cnc2ccc(C(C)=O)cc2c1. The Morgan fingerprint density at radius 3 is 2.53 bits per heavy atom. The highest BCUT2D eigenvalue weighted by Gasteiger charge is 2.08. The first kappa shape index (κ1) is 11.3. The van der Waals surface area contributed by atoms with Gasteiger partial charge in [-0.2, -0.15) is 0 Å². The van der Waals surface area contributed by atoms with Crippen molar-refractivity contribution < 1.29 is 14.3 Å². The molecule has 0 spiro atoms. The van der Waals surface area contributed by atoms with E-state index in [-0.39, 0.29) is 5.78 Å². The molecule has 4 nitrogen and oxygen atoms in total. The van der Waals surface area contributed by atoms with E-state index in [0.717, 1.165) is 10.9 Å². The summed E-state index contributed by atoms with van der Waals surface area (Å²) < 4.78 is 4.62. The third kappa shape index (κ3) is 2.15. The van der Waals surface area contributed by atoms with Crippen molar-refractivity contribution in [3.8, 4) is 0 Å². The molecule has 0 atom stereocenters. The topological polar surface area (TPSA) is 56.3 Å². The fourth-order valence-electron chi connectivity index (χ4n) is 1.58. The van der Waals surface area contributed by atoms with Gasteiger partial charge in [-0.3, -0.25) is 9.78 Å². The Hall–Kier alpha value is -2.23. The average molecular weight is 229 g/mol. The summed E-state index contributed by atoms with van der Waals surface area (Å²) in [6.45, 7) is 1.50. The van der Waals surface area contributed by atoms with Crippen LogP contribution in [0.4, 0.5) is 0 Å². The fraction of sp³-hybridized carbons (Fsp3) is 0.154. The van der Waals surface area contributed by atoms with Crippen LogP contribution in [0.5, 0.6) is 0 Å². The lowest BCUT2D eigenvalue weighted by molar-refractivity contribution is 0.0600. The van der Waals surface area contributed by atoms with E-state index in [1.54, 1.807) is 24.3 Å². The minimum absolute atomic E-state index is 0.0182. The van der Waals surface area contributed by atoms with E-state index < -0.39 is 5.97 Å². The van der Waals surface area contributed by atoms with Crippen molar-refractivity contribution in [1.29, 1.82) is 0 Å². The molecule has 1 aromatic heterocycles. The van der Waals surface area contributed by atoms with Crippen molar-refractivity contribution in [2.24, 2.45) is 0 Å². The lowest BCUT2D eigenvalue weighted by Gasteiger charge is -2.02. The summed E-state index contributed by atoms with van der Waals surface area (Å²) in [5.41, 5.74) is 1.71. The van der Waals surface area contributed by atoms with Gasteiger partial charge in [0.05, 0.1) is 18.2 Å². The molecule has 0 N–H and O–H groups in total. The third-order valence-corrected chi connectivity index (χ3v) is 2.51. The third-order valence-electron chi connectivity index (χ3n) is 2.51. The molecule has 0 aliphatic rings. The molecule has 0 bridgehead atoms. The van der Waals surface area contributed by atoms with Crippen molar-refractivity contribution in [2.45, 2.75) is 6.92 Å². The van der Waals surface area contributed by atoms with Gasteiger partial charge in [-0.1, -0.05) is 0 Å². The van der Waals surface area contributed by atoms with E-state index >= 15 is 0 Å². The van der Waals surface area contributed by atoms with Crippen molar-refractivity contribution >= 4 is 22.7 Å². The molecule has 86 valence electrons. The Morgan fingerprint density at radius 2 is 1.88 bits per heavy atom. The average Bonchev–Trinajstić information content (AvgIpc) is 2.36. The lowest BCUT2D eigenvalue weighted by atomic mass is 10.1. The molecule has 0 saturated heterocycles. The number of ether oxygens (including phenoxy) is 1. The van der Waals surface area contributed by atoms with Crippen LogP contribution in [-0.2, 0) is 4.74 Å². The standard InChI is InChI=1S/C13H11NO3/c1-8(15)9-3-4-12-10(5-9)6-11(7-14-12)13(16)17-2/h3-7H,1-2H3. The van der Waals surface area contributed by atoms with Crippen LogP contribution in [0, 0.1) is 0 Å². The summed E-state index contributed by atoms with van der Waals surface area (Å²) in [5.74, 6) is -0.456. The first-order valence-corrected chi connectivity index (χ1v) is 5.11. The minimum Gasteiger partial charge on any atom is -0.465 e. The van der Waals surface area contributed by atoms with Gasteiger partial charge in [-0.15, -0.1) is 0 Å². The number of rotatable bonds is 2. The monoisotopic (exact) mass is 229 g/mol. The molecule has 0 amide bonds. The number of fused-ring (bicyclic) bond motifs is 1. The van der Waals surface area contributed by atoms with Crippen LogP contribution in [0.2, 0.25) is 0 Å². The number of carbonyl (C=O) groups excluding carboxylic acids is 2. The Bertz CT molecular complexity index is 605. The van der Waals surface area contributed by atoms with Crippen molar-refractivity contribution in [1.82, 2.24) is 4.98 Å². The Balaban J connectivity index is 2.58. The predicted molar refractivity (Wildman–Crippen MR) is 63.1 cm³/mol. The number of ketones is 1. The zero-order chi connectivity index (χ0) is 12.4. The maximum atomic E-state index is 11.3. The summed E-state index contributed by atoms with van der Waals surface area (Å²) in [7, 11) is 1.32. The normalized spacial score (nSPS) is 10.2. The molecule has 1 heterocycles. The molecule has 17 heavy (non-hydrogen) atoms. The zero-order valence-electron chi connectivity index (χ0n) is 9.56. The first-order valence-electron chi connectivity index (χ1n) is 5.11. The molecular weight excluding hydrogens is 218 g/mol. The van der Waals surface area contributed by atoms with Crippen molar-refractivity contribution in [2.75, 3.05) is 7.11 Å². The van der Waals surface area contributed by atoms with E-state index in [1.165, 1.54) is 20.2 Å².